The van der Waals surface area contributed by atoms with E-state index in [4.69, 9.17) is 0 Å². The third kappa shape index (κ3) is 4.17. The van der Waals surface area contributed by atoms with Crippen LogP contribution in [0.25, 0.3) is 93.6 Å². The van der Waals surface area contributed by atoms with E-state index in [1.165, 1.54) is 44.1 Å². The lowest BCUT2D eigenvalue weighted by molar-refractivity contribution is 0.661. The molecule has 0 atom stereocenters. The molecule has 0 saturated heterocycles. The summed E-state index contributed by atoms with van der Waals surface area (Å²) in [7, 11) is 0. The van der Waals surface area contributed by atoms with Crippen LogP contribution in [0.2, 0.25) is 0 Å². The van der Waals surface area contributed by atoms with Crippen LogP contribution in [0.3, 0.4) is 0 Å². The summed E-state index contributed by atoms with van der Waals surface area (Å²) in [6.07, 6.45) is 0. The summed E-state index contributed by atoms with van der Waals surface area (Å²) in [6, 6.07) is 62.7. The molecule has 1 aliphatic carbocycles. The van der Waals surface area contributed by atoms with Crippen LogP contribution in [0.15, 0.2) is 164 Å². The van der Waals surface area contributed by atoms with Crippen LogP contribution in [0, 0.1) is 22.7 Å². The van der Waals surface area contributed by atoms with E-state index in [0.29, 0.717) is 22.5 Å². The molecular weight excluding hydrogens is 707 g/mol. The maximum atomic E-state index is 10.9. The quantitative estimate of drug-likeness (QED) is 0.181. The number of benzene rings is 8. The van der Waals surface area contributed by atoms with E-state index >= 15 is 0 Å². The van der Waals surface area contributed by atoms with Crippen LogP contribution in [0.5, 0.6) is 0 Å². The first-order valence-corrected chi connectivity index (χ1v) is 19.6. The number of fused-ring (bicyclic) bond motifs is 12. The molecule has 0 fully saturated rings. The molecule has 8 aromatic carbocycles. The van der Waals surface area contributed by atoms with Crippen molar-refractivity contribution in [3.05, 3.63) is 186 Å². The topological polar surface area (TPSA) is 62.4 Å². The van der Waals surface area contributed by atoms with E-state index in [-0.39, 0.29) is 5.41 Å². The second-order valence-electron chi connectivity index (χ2n) is 16.0. The zero-order valence-corrected chi connectivity index (χ0v) is 31.8. The fourth-order valence-electron chi connectivity index (χ4n) is 10.1. The summed E-state index contributed by atoms with van der Waals surface area (Å²) in [5.74, 6) is 0. The number of rotatable bonds is 3. The average molecular weight is 740 g/mol. The van der Waals surface area contributed by atoms with Gasteiger partial charge in [-0.05, 0) is 95.1 Å². The van der Waals surface area contributed by atoms with Crippen LogP contribution < -0.4 is 0 Å². The molecule has 3 heterocycles. The molecule has 0 unspecified atom stereocenters. The van der Waals surface area contributed by atoms with Crippen molar-refractivity contribution < 1.29 is 0 Å². The Kier molecular flexibility index (Phi) is 6.47. The summed E-state index contributed by atoms with van der Waals surface area (Å²) in [4.78, 5) is 0. The number of nitriles is 2. The molecule has 270 valence electrons. The monoisotopic (exact) mass is 739 g/mol. The molecule has 5 heteroatoms. The van der Waals surface area contributed by atoms with E-state index in [1.54, 1.807) is 0 Å². The Labute approximate surface area is 334 Å². The van der Waals surface area contributed by atoms with E-state index in [2.05, 4.69) is 161 Å². The minimum atomic E-state index is -0.317. The van der Waals surface area contributed by atoms with Crippen molar-refractivity contribution in [2.75, 3.05) is 0 Å². The molecule has 3 aromatic heterocycles. The van der Waals surface area contributed by atoms with Gasteiger partial charge in [0, 0.05) is 43.4 Å². The van der Waals surface area contributed by atoms with E-state index < -0.39 is 0 Å². The standard InChI is InChI=1S/C53H33N5/c1-53(2)43-28-51-41(37-18-8-10-20-45(37)56(51)34-14-4-3-5-15-34)26-39(43)40-27-42-38-19-9-13-23-48(38)58(52(42)29-44(40)53)50-25-32(30-54)49(24-33(50)31-55)57-46-21-11-6-16-35(46)36-17-7-12-22-47(36)57/h3-29H,1-2H3. The highest BCUT2D eigenvalue weighted by Crippen LogP contribution is 2.53. The molecule has 0 bridgehead atoms. The molecule has 0 aliphatic heterocycles. The minimum absolute atomic E-state index is 0.317. The van der Waals surface area contributed by atoms with Gasteiger partial charge in [-0.2, -0.15) is 10.5 Å². The zero-order valence-electron chi connectivity index (χ0n) is 31.8. The highest BCUT2D eigenvalue weighted by Gasteiger charge is 2.38. The van der Waals surface area contributed by atoms with Crippen molar-refractivity contribution in [1.29, 1.82) is 10.5 Å². The van der Waals surface area contributed by atoms with Gasteiger partial charge in [0.2, 0.25) is 0 Å². The lowest BCUT2D eigenvalue weighted by atomic mass is 9.82. The lowest BCUT2D eigenvalue weighted by Crippen LogP contribution is -2.15. The molecule has 0 saturated carbocycles. The Balaban J connectivity index is 1.12. The van der Waals surface area contributed by atoms with Crippen LogP contribution >= 0.6 is 0 Å². The molecule has 12 rings (SSSR count). The highest BCUT2D eigenvalue weighted by atomic mass is 15.0. The first-order valence-electron chi connectivity index (χ1n) is 19.6. The Hall–Kier alpha value is -7.86. The number of aromatic nitrogens is 3. The maximum absolute atomic E-state index is 10.9. The first kappa shape index (κ1) is 32.4. The smallest absolute Gasteiger partial charge is 0.101 e. The summed E-state index contributed by atoms with van der Waals surface area (Å²) >= 11 is 0. The van der Waals surface area contributed by atoms with E-state index in [0.717, 1.165) is 49.3 Å². The number of nitrogens with zero attached hydrogens (tertiary/aromatic N) is 5. The van der Waals surface area contributed by atoms with Gasteiger partial charge in [0.15, 0.2) is 0 Å². The third-order valence-electron chi connectivity index (χ3n) is 12.7. The van der Waals surface area contributed by atoms with Gasteiger partial charge >= 0.3 is 0 Å². The summed E-state index contributed by atoms with van der Waals surface area (Å²) in [5.41, 5.74) is 14.6. The Bertz CT molecular complexity index is 3620. The molecule has 5 nitrogen and oxygen atoms in total. The molecule has 58 heavy (non-hydrogen) atoms. The lowest BCUT2D eigenvalue weighted by Gasteiger charge is -2.22. The van der Waals surface area contributed by atoms with Crippen molar-refractivity contribution >= 4 is 65.4 Å². The number of hydrogen-bond donors (Lipinski definition) is 0. The molecule has 11 aromatic rings. The van der Waals surface area contributed by atoms with Gasteiger partial charge in [-0.1, -0.05) is 105 Å². The largest absolute Gasteiger partial charge is 0.309 e. The van der Waals surface area contributed by atoms with Gasteiger partial charge in [-0.15, -0.1) is 0 Å². The first-order chi connectivity index (χ1) is 28.5. The molecular formula is C53H33N5. The van der Waals surface area contributed by atoms with E-state index in [9.17, 15) is 10.5 Å². The van der Waals surface area contributed by atoms with Crippen molar-refractivity contribution in [1.82, 2.24) is 13.7 Å². The Morgan fingerprint density at radius 3 is 1.19 bits per heavy atom. The molecule has 0 N–H and O–H groups in total. The van der Waals surface area contributed by atoms with Gasteiger partial charge < -0.3 is 13.7 Å². The Morgan fingerprint density at radius 1 is 0.379 bits per heavy atom. The molecule has 0 radical (unpaired) electrons. The summed E-state index contributed by atoms with van der Waals surface area (Å²) in [6.45, 7) is 4.65. The van der Waals surface area contributed by atoms with Gasteiger partial charge in [0.05, 0.1) is 55.6 Å². The van der Waals surface area contributed by atoms with Crippen LogP contribution in [0.1, 0.15) is 36.1 Å². The molecule has 0 amide bonds. The van der Waals surface area contributed by atoms with Gasteiger partial charge in [0.1, 0.15) is 12.1 Å². The third-order valence-corrected chi connectivity index (χ3v) is 12.7. The number of para-hydroxylation sites is 5. The fourth-order valence-corrected chi connectivity index (χ4v) is 10.1. The van der Waals surface area contributed by atoms with Gasteiger partial charge in [-0.25, -0.2) is 0 Å². The van der Waals surface area contributed by atoms with Crippen LogP contribution in [-0.4, -0.2) is 13.7 Å². The van der Waals surface area contributed by atoms with Crippen molar-refractivity contribution in [2.45, 2.75) is 19.3 Å². The van der Waals surface area contributed by atoms with Crippen LogP contribution in [-0.2, 0) is 5.41 Å². The molecule has 0 spiro atoms. The maximum Gasteiger partial charge on any atom is 0.101 e. The summed E-state index contributed by atoms with van der Waals surface area (Å²) in [5, 5.41) is 28.6. The molecule has 1 aliphatic rings. The SMILES string of the molecule is CC1(C)c2cc3c(cc2-c2cc4c5ccccc5n(-c5cc(C#N)c(-n6c7ccccc7c7ccccc76)cc5C#N)c4cc21)c1ccccc1n3-c1ccccc1. The second-order valence-corrected chi connectivity index (χ2v) is 16.0. The summed E-state index contributed by atoms with van der Waals surface area (Å²) < 4.78 is 6.72. The zero-order chi connectivity index (χ0) is 38.9. The normalized spacial score (nSPS) is 13.1. The van der Waals surface area contributed by atoms with E-state index in [1.807, 2.05) is 42.5 Å². The fraction of sp³-hybridized carbons (Fsp3) is 0.0566. The number of hydrogen-bond acceptors (Lipinski definition) is 2. The van der Waals surface area contributed by atoms with Crippen LogP contribution in [0.4, 0.5) is 0 Å². The van der Waals surface area contributed by atoms with Crippen molar-refractivity contribution in [2.24, 2.45) is 0 Å². The Morgan fingerprint density at radius 2 is 0.741 bits per heavy atom. The van der Waals surface area contributed by atoms with Crippen molar-refractivity contribution in [3.8, 4) is 40.3 Å². The highest BCUT2D eigenvalue weighted by molar-refractivity contribution is 6.15. The predicted octanol–water partition coefficient (Wildman–Crippen LogP) is 13.0. The minimum Gasteiger partial charge on any atom is -0.309 e. The van der Waals surface area contributed by atoms with Gasteiger partial charge in [0.25, 0.3) is 0 Å². The average Bonchev–Trinajstić information content (AvgIpc) is 3.95. The second kappa shape index (κ2) is 11.6. The predicted molar refractivity (Wildman–Crippen MR) is 236 cm³/mol. The van der Waals surface area contributed by atoms with Gasteiger partial charge in [-0.3, -0.25) is 0 Å². The van der Waals surface area contributed by atoms with Crippen molar-refractivity contribution in [3.63, 3.8) is 0 Å².